The van der Waals surface area contributed by atoms with E-state index in [-0.39, 0.29) is 11.8 Å². The van der Waals surface area contributed by atoms with E-state index in [4.69, 9.17) is 15.0 Å². The molecule has 1 fully saturated rings. The molecule has 2 aromatic rings. The molecule has 1 amide bonds. The summed E-state index contributed by atoms with van der Waals surface area (Å²) in [6, 6.07) is 6.69. The molecule has 1 aliphatic rings. The van der Waals surface area contributed by atoms with Gasteiger partial charge in [0.1, 0.15) is 11.8 Å². The zero-order valence-corrected chi connectivity index (χ0v) is 15.5. The SMILES string of the molecule is COc1ccccc1C(=O)NC(c1nc(C2(N)CCCC2)no1)C(C)C. The minimum Gasteiger partial charge on any atom is -0.496 e. The quantitative estimate of drug-likeness (QED) is 0.823. The molecule has 1 unspecified atom stereocenters. The van der Waals surface area contributed by atoms with Crippen molar-refractivity contribution in [3.8, 4) is 5.75 Å². The molecule has 1 heterocycles. The van der Waals surface area contributed by atoms with Gasteiger partial charge in [0, 0.05) is 0 Å². The number of aromatic nitrogens is 2. The van der Waals surface area contributed by atoms with Crippen LogP contribution in [0.5, 0.6) is 5.75 Å². The zero-order valence-electron chi connectivity index (χ0n) is 15.5. The van der Waals surface area contributed by atoms with Crippen molar-refractivity contribution in [1.29, 1.82) is 0 Å². The highest BCUT2D eigenvalue weighted by Crippen LogP contribution is 2.35. The molecular weight excluding hydrogens is 332 g/mol. The average molecular weight is 358 g/mol. The fourth-order valence-electron chi connectivity index (χ4n) is 3.36. The number of benzene rings is 1. The van der Waals surface area contributed by atoms with E-state index in [1.807, 2.05) is 19.9 Å². The van der Waals surface area contributed by atoms with Crippen LogP contribution in [0.15, 0.2) is 28.8 Å². The Morgan fingerprint density at radius 2 is 2.00 bits per heavy atom. The van der Waals surface area contributed by atoms with E-state index in [1.54, 1.807) is 25.3 Å². The highest BCUT2D eigenvalue weighted by Gasteiger charge is 2.37. The van der Waals surface area contributed by atoms with Crippen LogP contribution in [-0.4, -0.2) is 23.2 Å². The van der Waals surface area contributed by atoms with Crippen LogP contribution in [0.1, 0.15) is 67.6 Å². The molecule has 1 aliphatic carbocycles. The number of nitrogens with one attached hydrogen (secondary N) is 1. The van der Waals surface area contributed by atoms with E-state index >= 15 is 0 Å². The summed E-state index contributed by atoms with van der Waals surface area (Å²) < 4.78 is 10.7. The molecular formula is C19H26N4O3. The number of nitrogens with two attached hydrogens (primary N) is 1. The summed E-state index contributed by atoms with van der Waals surface area (Å²) in [6.45, 7) is 3.98. The summed E-state index contributed by atoms with van der Waals surface area (Å²) >= 11 is 0. The summed E-state index contributed by atoms with van der Waals surface area (Å²) in [5.74, 6) is 1.26. The molecule has 3 N–H and O–H groups in total. The Bertz CT molecular complexity index is 766. The molecule has 0 saturated heterocycles. The second-order valence-corrected chi connectivity index (χ2v) is 7.21. The standard InChI is InChI=1S/C19H26N4O3/c1-12(2)15(21-16(24)13-8-4-5-9-14(13)25-3)17-22-18(23-26-17)19(20)10-6-7-11-19/h4-5,8-9,12,15H,6-7,10-11,20H2,1-3H3,(H,21,24). The first-order valence-electron chi connectivity index (χ1n) is 9.01. The van der Waals surface area contributed by atoms with E-state index in [1.165, 1.54) is 0 Å². The topological polar surface area (TPSA) is 103 Å². The summed E-state index contributed by atoms with van der Waals surface area (Å²) in [6.07, 6.45) is 3.84. The van der Waals surface area contributed by atoms with Crippen molar-refractivity contribution in [2.24, 2.45) is 11.7 Å². The maximum absolute atomic E-state index is 12.7. The summed E-state index contributed by atoms with van der Waals surface area (Å²) in [5.41, 5.74) is 6.36. The van der Waals surface area contributed by atoms with Crippen molar-refractivity contribution in [3.05, 3.63) is 41.5 Å². The monoisotopic (exact) mass is 358 g/mol. The average Bonchev–Trinajstić information content (AvgIpc) is 3.29. The van der Waals surface area contributed by atoms with Gasteiger partial charge in [-0.05, 0) is 30.9 Å². The number of methoxy groups -OCH3 is 1. The number of carbonyl (C=O) groups excluding carboxylic acids is 1. The highest BCUT2D eigenvalue weighted by atomic mass is 16.5. The van der Waals surface area contributed by atoms with Gasteiger partial charge in [-0.2, -0.15) is 4.98 Å². The van der Waals surface area contributed by atoms with E-state index < -0.39 is 11.6 Å². The van der Waals surface area contributed by atoms with Gasteiger partial charge >= 0.3 is 0 Å². The minimum absolute atomic E-state index is 0.0688. The molecule has 1 saturated carbocycles. The first kappa shape index (κ1) is 18.4. The third-order valence-electron chi connectivity index (χ3n) is 4.95. The molecule has 1 aromatic carbocycles. The van der Waals surface area contributed by atoms with Crippen LogP contribution < -0.4 is 15.8 Å². The largest absolute Gasteiger partial charge is 0.496 e. The van der Waals surface area contributed by atoms with Gasteiger partial charge in [-0.1, -0.05) is 44.0 Å². The number of hydrogen-bond acceptors (Lipinski definition) is 6. The number of amides is 1. The van der Waals surface area contributed by atoms with Gasteiger partial charge in [0.15, 0.2) is 5.82 Å². The van der Waals surface area contributed by atoms with Crippen LogP contribution in [0, 0.1) is 5.92 Å². The maximum Gasteiger partial charge on any atom is 0.255 e. The Labute approximate surface area is 153 Å². The molecule has 7 nitrogen and oxygen atoms in total. The fourth-order valence-corrected chi connectivity index (χ4v) is 3.36. The van der Waals surface area contributed by atoms with E-state index in [2.05, 4.69) is 15.5 Å². The van der Waals surface area contributed by atoms with Crippen molar-refractivity contribution >= 4 is 5.91 Å². The number of nitrogens with zero attached hydrogens (tertiary/aromatic N) is 2. The van der Waals surface area contributed by atoms with Crippen LogP contribution in [0.3, 0.4) is 0 Å². The molecule has 0 spiro atoms. The van der Waals surface area contributed by atoms with Gasteiger partial charge in [0.2, 0.25) is 5.89 Å². The van der Waals surface area contributed by atoms with Gasteiger partial charge in [-0.25, -0.2) is 0 Å². The second kappa shape index (κ2) is 7.45. The smallest absolute Gasteiger partial charge is 0.255 e. The van der Waals surface area contributed by atoms with Crippen molar-refractivity contribution in [3.63, 3.8) is 0 Å². The fraction of sp³-hybridized carbons (Fsp3) is 0.526. The Balaban J connectivity index is 1.82. The highest BCUT2D eigenvalue weighted by molar-refractivity contribution is 5.97. The lowest BCUT2D eigenvalue weighted by molar-refractivity contribution is 0.0911. The van der Waals surface area contributed by atoms with Crippen LogP contribution in [0.25, 0.3) is 0 Å². The van der Waals surface area contributed by atoms with Crippen LogP contribution in [-0.2, 0) is 5.54 Å². The lowest BCUT2D eigenvalue weighted by atomic mass is 9.98. The molecule has 26 heavy (non-hydrogen) atoms. The summed E-state index contributed by atoms with van der Waals surface area (Å²) in [5, 5.41) is 7.08. The molecule has 3 rings (SSSR count). The maximum atomic E-state index is 12.7. The number of rotatable bonds is 6. The molecule has 7 heteroatoms. The molecule has 140 valence electrons. The van der Waals surface area contributed by atoms with Gasteiger partial charge in [-0.15, -0.1) is 0 Å². The van der Waals surface area contributed by atoms with E-state index in [0.717, 1.165) is 25.7 Å². The van der Waals surface area contributed by atoms with Crippen molar-refractivity contribution < 1.29 is 14.1 Å². The summed E-state index contributed by atoms with van der Waals surface area (Å²) in [4.78, 5) is 17.3. The Morgan fingerprint density at radius 1 is 1.31 bits per heavy atom. The predicted octanol–water partition coefficient (Wildman–Crippen LogP) is 2.93. The van der Waals surface area contributed by atoms with Gasteiger partial charge in [0.05, 0.1) is 18.2 Å². The third kappa shape index (κ3) is 3.58. The first-order valence-corrected chi connectivity index (χ1v) is 9.01. The number of carbonyl (C=O) groups is 1. The summed E-state index contributed by atoms with van der Waals surface area (Å²) in [7, 11) is 1.54. The Kier molecular flexibility index (Phi) is 5.27. The van der Waals surface area contributed by atoms with Crippen LogP contribution in [0.2, 0.25) is 0 Å². The third-order valence-corrected chi connectivity index (χ3v) is 4.95. The Morgan fingerprint density at radius 3 is 2.65 bits per heavy atom. The zero-order chi connectivity index (χ0) is 18.7. The number of hydrogen-bond donors (Lipinski definition) is 2. The van der Waals surface area contributed by atoms with Crippen LogP contribution in [0.4, 0.5) is 0 Å². The minimum atomic E-state index is -0.518. The van der Waals surface area contributed by atoms with Crippen molar-refractivity contribution in [1.82, 2.24) is 15.5 Å². The molecule has 1 aromatic heterocycles. The lowest BCUT2D eigenvalue weighted by Gasteiger charge is -2.20. The molecule has 0 aliphatic heterocycles. The van der Waals surface area contributed by atoms with Crippen LogP contribution >= 0.6 is 0 Å². The Hall–Kier alpha value is -2.41. The number of para-hydroxylation sites is 1. The van der Waals surface area contributed by atoms with E-state index in [9.17, 15) is 4.79 Å². The second-order valence-electron chi connectivity index (χ2n) is 7.21. The molecule has 1 atom stereocenters. The van der Waals surface area contributed by atoms with Gasteiger partial charge in [0.25, 0.3) is 5.91 Å². The van der Waals surface area contributed by atoms with Gasteiger partial charge < -0.3 is 20.3 Å². The lowest BCUT2D eigenvalue weighted by Crippen LogP contribution is -2.35. The first-order chi connectivity index (χ1) is 12.4. The predicted molar refractivity (Wildman–Crippen MR) is 96.7 cm³/mol. The van der Waals surface area contributed by atoms with Gasteiger partial charge in [-0.3, -0.25) is 4.79 Å². The normalized spacial score (nSPS) is 17.3. The van der Waals surface area contributed by atoms with Crippen molar-refractivity contribution in [2.45, 2.75) is 51.1 Å². The number of ether oxygens (including phenoxy) is 1. The molecule has 0 bridgehead atoms. The van der Waals surface area contributed by atoms with E-state index in [0.29, 0.717) is 23.0 Å². The van der Waals surface area contributed by atoms with Crippen molar-refractivity contribution in [2.75, 3.05) is 7.11 Å². The molecule has 0 radical (unpaired) electrons.